The van der Waals surface area contributed by atoms with Crippen LogP contribution in [-0.4, -0.2) is 46.4 Å². The van der Waals surface area contributed by atoms with Gasteiger partial charge in [0.05, 0.1) is 11.9 Å². The lowest BCUT2D eigenvalue weighted by Gasteiger charge is -2.15. The van der Waals surface area contributed by atoms with Crippen LogP contribution in [0.5, 0.6) is 0 Å². The van der Waals surface area contributed by atoms with E-state index < -0.39 is 16.0 Å². The van der Waals surface area contributed by atoms with Crippen LogP contribution in [0.25, 0.3) is 0 Å². The van der Waals surface area contributed by atoms with Gasteiger partial charge in [0.1, 0.15) is 0 Å². The maximum Gasteiger partial charge on any atom is 0.335 e. The second-order valence-corrected chi connectivity index (χ2v) is 7.99. The monoisotopic (exact) mass is 349 g/mol. The Hall–Kier alpha value is -2.19. The molecule has 0 aliphatic carbocycles. The van der Waals surface area contributed by atoms with E-state index in [-0.39, 0.29) is 16.5 Å². The highest BCUT2D eigenvalue weighted by Gasteiger charge is 2.33. The fourth-order valence-electron chi connectivity index (χ4n) is 3.00. The van der Waals surface area contributed by atoms with Gasteiger partial charge in [-0.25, -0.2) is 18.2 Å². The third-order valence-corrected chi connectivity index (χ3v) is 5.98. The van der Waals surface area contributed by atoms with E-state index in [0.717, 1.165) is 12.0 Å². The van der Waals surface area contributed by atoms with Crippen LogP contribution < -0.4 is 0 Å². The van der Waals surface area contributed by atoms with Crippen LogP contribution in [0, 0.1) is 5.92 Å². The Balaban J connectivity index is 1.69. The molecule has 1 unspecified atom stereocenters. The van der Waals surface area contributed by atoms with Gasteiger partial charge >= 0.3 is 5.97 Å². The first-order chi connectivity index (χ1) is 11.4. The predicted molar refractivity (Wildman–Crippen MR) is 87.2 cm³/mol. The number of imidazole rings is 1. The summed E-state index contributed by atoms with van der Waals surface area (Å²) in [7, 11) is -1.83. The first-order valence-electron chi connectivity index (χ1n) is 7.66. The average molecular weight is 349 g/mol. The Morgan fingerprint density at radius 2 is 2.21 bits per heavy atom. The molecular weight excluding hydrogens is 330 g/mol. The lowest BCUT2D eigenvalue weighted by atomic mass is 9.97. The molecule has 1 aliphatic heterocycles. The summed E-state index contributed by atoms with van der Waals surface area (Å²) in [4.78, 5) is 15.0. The number of carboxylic acids is 1. The van der Waals surface area contributed by atoms with Crippen molar-refractivity contribution in [2.45, 2.75) is 17.9 Å². The topological polar surface area (TPSA) is 92.5 Å². The van der Waals surface area contributed by atoms with E-state index >= 15 is 0 Å². The van der Waals surface area contributed by atoms with Crippen LogP contribution in [0.3, 0.4) is 0 Å². The summed E-state index contributed by atoms with van der Waals surface area (Å²) < 4.78 is 28.2. The number of hydrogen-bond donors (Lipinski definition) is 1. The molecule has 128 valence electrons. The van der Waals surface area contributed by atoms with Gasteiger partial charge in [0, 0.05) is 26.3 Å². The predicted octanol–water partition coefficient (Wildman–Crippen LogP) is 1.37. The van der Waals surface area contributed by atoms with E-state index in [1.807, 2.05) is 6.07 Å². The smallest absolute Gasteiger partial charge is 0.335 e. The third-order valence-electron chi connectivity index (χ3n) is 4.23. The second-order valence-electron chi connectivity index (χ2n) is 6.10. The van der Waals surface area contributed by atoms with E-state index in [9.17, 15) is 13.2 Å². The molecule has 1 aromatic heterocycles. The first kappa shape index (κ1) is 16.7. The van der Waals surface area contributed by atoms with E-state index in [0.29, 0.717) is 19.5 Å². The van der Waals surface area contributed by atoms with Gasteiger partial charge in [-0.3, -0.25) is 0 Å². The molecule has 1 atom stereocenters. The van der Waals surface area contributed by atoms with Crippen molar-refractivity contribution in [3.8, 4) is 0 Å². The second kappa shape index (κ2) is 6.37. The lowest BCUT2D eigenvalue weighted by molar-refractivity contribution is 0.0696. The summed E-state index contributed by atoms with van der Waals surface area (Å²) >= 11 is 0. The molecule has 2 aromatic rings. The van der Waals surface area contributed by atoms with Crippen molar-refractivity contribution in [2.75, 3.05) is 13.1 Å². The van der Waals surface area contributed by atoms with E-state index in [1.54, 1.807) is 29.8 Å². The Morgan fingerprint density at radius 3 is 2.88 bits per heavy atom. The van der Waals surface area contributed by atoms with Crippen molar-refractivity contribution in [2.24, 2.45) is 13.0 Å². The molecule has 0 amide bonds. The van der Waals surface area contributed by atoms with E-state index in [4.69, 9.17) is 5.11 Å². The van der Waals surface area contributed by atoms with Crippen molar-refractivity contribution in [3.63, 3.8) is 0 Å². The molecule has 3 rings (SSSR count). The zero-order chi connectivity index (χ0) is 17.3. The minimum atomic E-state index is -3.56. The highest BCUT2D eigenvalue weighted by atomic mass is 32.2. The molecule has 0 radical (unpaired) electrons. The largest absolute Gasteiger partial charge is 0.478 e. The molecule has 7 nitrogen and oxygen atoms in total. The number of aryl methyl sites for hydroxylation is 1. The van der Waals surface area contributed by atoms with Crippen molar-refractivity contribution < 1.29 is 18.3 Å². The van der Waals surface area contributed by atoms with Crippen molar-refractivity contribution in [1.29, 1.82) is 0 Å². The van der Waals surface area contributed by atoms with Gasteiger partial charge in [-0.2, -0.15) is 4.31 Å². The number of aromatic nitrogens is 2. The zero-order valence-corrected chi connectivity index (χ0v) is 14.1. The molecule has 1 saturated heterocycles. The fraction of sp³-hybridized carbons (Fsp3) is 0.375. The Labute approximate surface area is 140 Å². The van der Waals surface area contributed by atoms with Gasteiger partial charge in [0.15, 0.2) is 5.03 Å². The minimum Gasteiger partial charge on any atom is -0.478 e. The van der Waals surface area contributed by atoms with Crippen LogP contribution in [-0.2, 0) is 23.5 Å². The van der Waals surface area contributed by atoms with Gasteiger partial charge in [-0.05, 0) is 36.5 Å². The summed E-state index contributed by atoms with van der Waals surface area (Å²) in [6.07, 6.45) is 4.38. The number of sulfonamides is 1. The first-order valence-corrected chi connectivity index (χ1v) is 9.10. The van der Waals surface area contributed by atoms with Crippen LogP contribution in [0.15, 0.2) is 41.8 Å². The number of hydrogen-bond acceptors (Lipinski definition) is 4. The number of carboxylic acid groups (broad SMARTS) is 1. The molecular formula is C16H19N3O4S. The number of rotatable bonds is 5. The van der Waals surface area contributed by atoms with Crippen molar-refractivity contribution >= 4 is 16.0 Å². The molecule has 8 heteroatoms. The molecule has 24 heavy (non-hydrogen) atoms. The van der Waals surface area contributed by atoms with E-state index in [2.05, 4.69) is 4.98 Å². The highest BCUT2D eigenvalue weighted by molar-refractivity contribution is 7.89. The van der Waals surface area contributed by atoms with Crippen molar-refractivity contribution in [1.82, 2.24) is 13.9 Å². The summed E-state index contributed by atoms with van der Waals surface area (Å²) in [6, 6.07) is 6.80. The molecule has 0 saturated carbocycles. The minimum absolute atomic E-state index is 0.0681. The molecule has 1 aromatic carbocycles. The Morgan fingerprint density at radius 1 is 1.42 bits per heavy atom. The molecule has 0 spiro atoms. The molecule has 1 N–H and O–H groups in total. The summed E-state index contributed by atoms with van der Waals surface area (Å²) in [5.74, 6) is -0.782. The van der Waals surface area contributed by atoms with Gasteiger partial charge in [-0.1, -0.05) is 12.1 Å². The lowest BCUT2D eigenvalue weighted by Crippen LogP contribution is -2.29. The maximum absolute atomic E-state index is 12.6. The summed E-state index contributed by atoms with van der Waals surface area (Å²) in [5, 5.41) is 9.12. The molecule has 0 bridgehead atoms. The van der Waals surface area contributed by atoms with Crippen LogP contribution >= 0.6 is 0 Å². The molecule has 1 aliphatic rings. The zero-order valence-electron chi connectivity index (χ0n) is 13.3. The Kier molecular flexibility index (Phi) is 4.42. The standard InChI is InChI=1S/C16H19N3O4S/c1-18-10-15(17-11-18)24(22,23)19-6-5-13(9-19)7-12-3-2-4-14(8-12)16(20)21/h2-4,8,10-11,13H,5-7,9H2,1H3,(H,20,21). The SMILES string of the molecule is Cn1cnc(S(=O)(=O)N2CCC(Cc3cccc(C(=O)O)c3)C2)c1. The van der Waals surface area contributed by atoms with Gasteiger partial charge in [0.25, 0.3) is 10.0 Å². The van der Waals surface area contributed by atoms with E-state index in [1.165, 1.54) is 16.8 Å². The summed E-state index contributed by atoms with van der Waals surface area (Å²) in [6.45, 7) is 0.887. The number of carbonyl (C=O) groups is 1. The number of benzene rings is 1. The van der Waals surface area contributed by atoms with Crippen LogP contribution in [0.1, 0.15) is 22.3 Å². The average Bonchev–Trinajstić information content (AvgIpc) is 3.17. The quantitative estimate of drug-likeness (QED) is 0.880. The number of aromatic carboxylic acids is 1. The fourth-order valence-corrected chi connectivity index (χ4v) is 4.50. The summed E-state index contributed by atoms with van der Waals surface area (Å²) in [5.41, 5.74) is 1.17. The molecule has 2 heterocycles. The number of nitrogens with zero attached hydrogens (tertiary/aromatic N) is 3. The molecule has 1 fully saturated rings. The van der Waals surface area contributed by atoms with Crippen LogP contribution in [0.4, 0.5) is 0 Å². The van der Waals surface area contributed by atoms with Gasteiger partial charge in [-0.15, -0.1) is 0 Å². The van der Waals surface area contributed by atoms with Crippen LogP contribution in [0.2, 0.25) is 0 Å². The highest BCUT2D eigenvalue weighted by Crippen LogP contribution is 2.26. The third kappa shape index (κ3) is 3.34. The normalized spacial score (nSPS) is 18.8. The maximum atomic E-state index is 12.6. The van der Waals surface area contributed by atoms with Gasteiger partial charge < -0.3 is 9.67 Å². The van der Waals surface area contributed by atoms with Gasteiger partial charge in [0.2, 0.25) is 0 Å². The van der Waals surface area contributed by atoms with Crippen molar-refractivity contribution in [3.05, 3.63) is 47.9 Å². The Bertz CT molecular complexity index is 860.